The van der Waals surface area contributed by atoms with Gasteiger partial charge in [0.05, 0.1) is 18.1 Å². The van der Waals surface area contributed by atoms with Crippen LogP contribution in [0.4, 0.5) is 5.95 Å². The van der Waals surface area contributed by atoms with E-state index < -0.39 is 6.04 Å². The van der Waals surface area contributed by atoms with Gasteiger partial charge >= 0.3 is 0 Å². The minimum atomic E-state index is -0.430. The number of thioether (sulfide) groups is 1. The number of aldehydes is 1. The highest BCUT2D eigenvalue weighted by atomic mass is 32.2. The number of benzene rings is 2. The SMILES string of the molecule is CCn1nnc(NC2C(C=O)=C(c3ccccc3)Sc3nc4ccccc4cc32)n1. The molecule has 0 spiro atoms. The molecule has 0 bridgehead atoms. The Hall–Kier alpha value is -3.52. The number of hydrogen-bond acceptors (Lipinski definition) is 7. The molecule has 2 aromatic heterocycles. The number of anilines is 1. The molecular weight excluding hydrogens is 396 g/mol. The lowest BCUT2D eigenvalue weighted by molar-refractivity contribution is -0.105. The Kier molecular flexibility index (Phi) is 4.76. The van der Waals surface area contributed by atoms with E-state index in [1.54, 1.807) is 0 Å². The topological polar surface area (TPSA) is 85.6 Å². The van der Waals surface area contributed by atoms with Crippen LogP contribution in [0.1, 0.15) is 24.1 Å². The number of nitrogens with zero attached hydrogens (tertiary/aromatic N) is 5. The van der Waals surface area contributed by atoms with Crippen molar-refractivity contribution >= 4 is 39.8 Å². The van der Waals surface area contributed by atoms with Gasteiger partial charge in [-0.3, -0.25) is 4.79 Å². The molecule has 30 heavy (non-hydrogen) atoms. The highest BCUT2D eigenvalue weighted by Crippen LogP contribution is 2.48. The number of aromatic nitrogens is 5. The van der Waals surface area contributed by atoms with Crippen molar-refractivity contribution in [1.82, 2.24) is 25.2 Å². The molecule has 2 aromatic carbocycles. The number of carbonyl (C=O) groups is 1. The van der Waals surface area contributed by atoms with Gasteiger partial charge in [0.2, 0.25) is 0 Å². The van der Waals surface area contributed by atoms with E-state index in [9.17, 15) is 4.79 Å². The highest BCUT2D eigenvalue weighted by Gasteiger charge is 2.31. The Morgan fingerprint density at radius 2 is 1.93 bits per heavy atom. The number of para-hydroxylation sites is 1. The van der Waals surface area contributed by atoms with Crippen molar-refractivity contribution in [2.75, 3.05) is 5.32 Å². The van der Waals surface area contributed by atoms with Crippen molar-refractivity contribution in [3.63, 3.8) is 0 Å². The zero-order valence-corrected chi connectivity index (χ0v) is 17.0. The average molecular weight is 414 g/mol. The number of hydrogen-bond donors (Lipinski definition) is 1. The first-order valence-electron chi connectivity index (χ1n) is 9.63. The second-order valence-corrected chi connectivity index (χ2v) is 7.82. The quantitative estimate of drug-likeness (QED) is 0.492. The number of fused-ring (bicyclic) bond motifs is 2. The Bertz CT molecular complexity index is 1270. The van der Waals surface area contributed by atoms with Crippen LogP contribution in [0.5, 0.6) is 0 Å². The summed E-state index contributed by atoms with van der Waals surface area (Å²) in [7, 11) is 0. The third-order valence-electron chi connectivity index (χ3n) is 4.97. The molecule has 0 aliphatic carbocycles. The fourth-order valence-corrected chi connectivity index (χ4v) is 4.68. The molecular formula is C22H18N6OS. The fraction of sp³-hybridized carbons (Fsp3) is 0.136. The first-order chi connectivity index (χ1) is 14.8. The van der Waals surface area contributed by atoms with Crippen LogP contribution in [0.25, 0.3) is 15.8 Å². The van der Waals surface area contributed by atoms with Gasteiger partial charge in [-0.15, -0.1) is 5.10 Å². The fourth-order valence-electron chi connectivity index (χ4n) is 3.51. The highest BCUT2D eigenvalue weighted by molar-refractivity contribution is 8.08. The zero-order chi connectivity index (χ0) is 20.5. The first kappa shape index (κ1) is 18.5. The van der Waals surface area contributed by atoms with Gasteiger partial charge in [0.25, 0.3) is 5.95 Å². The predicted molar refractivity (Wildman–Crippen MR) is 117 cm³/mol. The Labute approximate surface area is 177 Å². The zero-order valence-electron chi connectivity index (χ0n) is 16.2. The summed E-state index contributed by atoms with van der Waals surface area (Å²) in [5.74, 6) is 0.375. The van der Waals surface area contributed by atoms with Crippen molar-refractivity contribution in [2.24, 2.45) is 0 Å². The lowest BCUT2D eigenvalue weighted by Gasteiger charge is -2.28. The molecule has 4 aromatic rings. The van der Waals surface area contributed by atoms with E-state index in [2.05, 4.69) is 26.8 Å². The van der Waals surface area contributed by atoms with Crippen LogP contribution in [-0.2, 0) is 11.3 Å². The minimum absolute atomic E-state index is 0.375. The molecule has 7 nitrogen and oxygen atoms in total. The van der Waals surface area contributed by atoms with Gasteiger partial charge in [0, 0.05) is 21.4 Å². The van der Waals surface area contributed by atoms with Crippen LogP contribution in [0.3, 0.4) is 0 Å². The molecule has 0 saturated carbocycles. The molecule has 1 aliphatic heterocycles. The number of tetrazole rings is 1. The van der Waals surface area contributed by atoms with E-state index in [-0.39, 0.29) is 0 Å². The number of carbonyl (C=O) groups excluding carboxylic acids is 1. The Morgan fingerprint density at radius 3 is 2.70 bits per heavy atom. The van der Waals surface area contributed by atoms with Crippen LogP contribution in [0.2, 0.25) is 0 Å². The normalized spacial score (nSPS) is 15.8. The molecule has 1 unspecified atom stereocenters. The van der Waals surface area contributed by atoms with Crippen molar-refractivity contribution in [2.45, 2.75) is 24.5 Å². The lowest BCUT2D eigenvalue weighted by atomic mass is 9.96. The molecule has 0 saturated heterocycles. The minimum Gasteiger partial charge on any atom is -0.340 e. The van der Waals surface area contributed by atoms with E-state index in [1.807, 2.05) is 61.5 Å². The molecule has 0 radical (unpaired) electrons. The maximum Gasteiger partial charge on any atom is 0.264 e. The molecule has 3 heterocycles. The number of aryl methyl sites for hydroxylation is 1. The van der Waals surface area contributed by atoms with E-state index in [4.69, 9.17) is 4.98 Å². The molecule has 0 amide bonds. The Morgan fingerprint density at radius 1 is 1.13 bits per heavy atom. The summed E-state index contributed by atoms with van der Waals surface area (Å²) in [6.07, 6.45) is 0.912. The maximum atomic E-state index is 12.3. The van der Waals surface area contributed by atoms with Crippen LogP contribution < -0.4 is 5.32 Å². The second kappa shape index (κ2) is 7.72. The lowest BCUT2D eigenvalue weighted by Crippen LogP contribution is -2.20. The smallest absolute Gasteiger partial charge is 0.264 e. The van der Waals surface area contributed by atoms with Crippen molar-refractivity contribution in [3.05, 3.63) is 77.4 Å². The van der Waals surface area contributed by atoms with Crippen LogP contribution in [-0.4, -0.2) is 31.5 Å². The molecule has 1 aliphatic rings. The van der Waals surface area contributed by atoms with Gasteiger partial charge in [0.15, 0.2) is 0 Å². The van der Waals surface area contributed by atoms with Gasteiger partial charge in [-0.1, -0.05) is 65.4 Å². The van der Waals surface area contributed by atoms with Gasteiger partial charge in [-0.2, -0.15) is 4.80 Å². The molecule has 8 heteroatoms. The summed E-state index contributed by atoms with van der Waals surface area (Å²) in [6.45, 7) is 2.56. The largest absolute Gasteiger partial charge is 0.340 e. The van der Waals surface area contributed by atoms with Crippen molar-refractivity contribution in [3.8, 4) is 0 Å². The monoisotopic (exact) mass is 414 g/mol. The van der Waals surface area contributed by atoms with Crippen molar-refractivity contribution < 1.29 is 4.79 Å². The summed E-state index contributed by atoms with van der Waals surface area (Å²) in [5.41, 5.74) is 3.44. The molecule has 5 rings (SSSR count). The summed E-state index contributed by atoms with van der Waals surface area (Å²) in [5, 5.41) is 17.6. The third-order valence-corrected chi connectivity index (χ3v) is 6.17. The summed E-state index contributed by atoms with van der Waals surface area (Å²) in [4.78, 5) is 19.5. The molecule has 1 N–H and O–H groups in total. The van der Waals surface area contributed by atoms with E-state index in [1.165, 1.54) is 16.6 Å². The maximum absolute atomic E-state index is 12.3. The number of pyridine rings is 1. The molecule has 148 valence electrons. The third kappa shape index (κ3) is 3.25. The average Bonchev–Trinajstić information content (AvgIpc) is 3.26. The first-order valence-corrected chi connectivity index (χ1v) is 10.4. The van der Waals surface area contributed by atoms with Crippen LogP contribution >= 0.6 is 11.8 Å². The van der Waals surface area contributed by atoms with E-state index >= 15 is 0 Å². The van der Waals surface area contributed by atoms with E-state index in [0.717, 1.165) is 38.2 Å². The van der Waals surface area contributed by atoms with Crippen molar-refractivity contribution in [1.29, 1.82) is 0 Å². The number of nitrogens with one attached hydrogen (secondary N) is 1. The number of rotatable bonds is 5. The summed E-state index contributed by atoms with van der Waals surface area (Å²) in [6, 6.07) is 19.5. The predicted octanol–water partition coefficient (Wildman–Crippen LogP) is 4.11. The van der Waals surface area contributed by atoms with Crippen LogP contribution in [0.15, 0.2) is 71.3 Å². The Balaban J connectivity index is 1.69. The van der Waals surface area contributed by atoms with Gasteiger partial charge in [0.1, 0.15) is 11.3 Å². The standard InChI is InChI=1S/C22H18N6OS/c1-2-28-26-22(25-27-28)24-19-16-12-15-10-6-7-11-18(15)23-21(16)30-20(17(19)13-29)14-8-4-3-5-9-14/h3-13,19H,2H2,1H3,(H,24,26). The molecule has 0 fully saturated rings. The van der Waals surface area contributed by atoms with Gasteiger partial charge in [-0.25, -0.2) is 4.98 Å². The van der Waals surface area contributed by atoms with Crippen LogP contribution in [0, 0.1) is 0 Å². The van der Waals surface area contributed by atoms with E-state index in [0.29, 0.717) is 18.1 Å². The molecule has 1 atom stereocenters. The van der Waals surface area contributed by atoms with Gasteiger partial charge in [-0.05, 0) is 29.8 Å². The summed E-state index contributed by atoms with van der Waals surface area (Å²) < 4.78 is 0. The summed E-state index contributed by atoms with van der Waals surface area (Å²) >= 11 is 1.52. The second-order valence-electron chi connectivity index (χ2n) is 6.82. The van der Waals surface area contributed by atoms with Gasteiger partial charge < -0.3 is 5.32 Å².